The Bertz CT molecular complexity index is 494. The van der Waals surface area contributed by atoms with Crippen LogP contribution in [0.1, 0.15) is 30.9 Å². The van der Waals surface area contributed by atoms with Gasteiger partial charge in [-0.15, -0.1) is 0 Å². The van der Waals surface area contributed by atoms with Crippen LogP contribution in [-0.2, 0) is 16.4 Å². The maximum atomic E-state index is 12.0. The van der Waals surface area contributed by atoms with Crippen molar-refractivity contribution in [2.24, 2.45) is 0 Å². The van der Waals surface area contributed by atoms with Gasteiger partial charge >= 0.3 is 0 Å². The fourth-order valence-electron chi connectivity index (χ4n) is 2.21. The second-order valence-corrected chi connectivity index (χ2v) is 7.51. The topological polar surface area (TPSA) is 46.2 Å². The summed E-state index contributed by atoms with van der Waals surface area (Å²) in [6.07, 6.45) is 0. The average Bonchev–Trinajstić information content (AvgIpc) is 2.29. The molecule has 0 aliphatic carbocycles. The molecular formula is C13H19NO2S. The molecule has 0 saturated heterocycles. The predicted octanol–water partition coefficient (Wildman–Crippen LogP) is 1.70. The first-order valence-corrected chi connectivity index (χ1v) is 7.72. The van der Waals surface area contributed by atoms with Crippen molar-refractivity contribution in [2.75, 3.05) is 12.3 Å². The molecule has 0 amide bonds. The van der Waals surface area contributed by atoms with Gasteiger partial charge in [0, 0.05) is 19.0 Å². The van der Waals surface area contributed by atoms with Gasteiger partial charge < -0.3 is 5.32 Å². The Morgan fingerprint density at radius 3 is 2.76 bits per heavy atom. The number of hydrogen-bond acceptors (Lipinski definition) is 3. The third kappa shape index (κ3) is 2.69. The van der Waals surface area contributed by atoms with Gasteiger partial charge in [0.25, 0.3) is 0 Å². The van der Waals surface area contributed by atoms with Gasteiger partial charge in [0.2, 0.25) is 0 Å². The van der Waals surface area contributed by atoms with Crippen LogP contribution in [0.5, 0.6) is 0 Å². The molecule has 94 valence electrons. The molecule has 17 heavy (non-hydrogen) atoms. The second kappa shape index (κ2) is 4.78. The van der Waals surface area contributed by atoms with Crippen LogP contribution in [0.3, 0.4) is 0 Å². The van der Waals surface area contributed by atoms with Crippen molar-refractivity contribution in [2.45, 2.75) is 31.6 Å². The molecule has 0 fully saturated rings. The van der Waals surface area contributed by atoms with Crippen molar-refractivity contribution in [3.05, 3.63) is 35.4 Å². The van der Waals surface area contributed by atoms with Crippen LogP contribution in [0.15, 0.2) is 24.3 Å². The molecule has 1 atom stereocenters. The number of hydrogen-bond donors (Lipinski definition) is 1. The lowest BCUT2D eigenvalue weighted by atomic mass is 9.92. The molecule has 3 nitrogen and oxygen atoms in total. The zero-order chi connectivity index (χ0) is 12.5. The molecule has 0 saturated carbocycles. The van der Waals surface area contributed by atoms with Gasteiger partial charge in [-0.3, -0.25) is 0 Å². The quantitative estimate of drug-likeness (QED) is 0.892. The molecule has 0 radical (unpaired) electrons. The van der Waals surface area contributed by atoms with Crippen LogP contribution in [0, 0.1) is 0 Å². The Morgan fingerprint density at radius 1 is 1.35 bits per heavy atom. The summed E-state index contributed by atoms with van der Waals surface area (Å²) in [5, 5.41) is 2.99. The summed E-state index contributed by atoms with van der Waals surface area (Å²) in [6.45, 7) is 5.09. The lowest BCUT2D eigenvalue weighted by molar-refractivity contribution is 0.546. The van der Waals surface area contributed by atoms with E-state index in [1.807, 2.05) is 12.1 Å². The fourth-order valence-corrected chi connectivity index (χ4v) is 3.45. The van der Waals surface area contributed by atoms with Crippen molar-refractivity contribution in [3.63, 3.8) is 0 Å². The number of benzene rings is 1. The maximum absolute atomic E-state index is 12.0. The van der Waals surface area contributed by atoms with E-state index < -0.39 is 9.84 Å². The van der Waals surface area contributed by atoms with Gasteiger partial charge in [-0.05, 0) is 25.0 Å². The van der Waals surface area contributed by atoms with E-state index >= 15 is 0 Å². The van der Waals surface area contributed by atoms with E-state index in [1.165, 1.54) is 11.1 Å². The van der Waals surface area contributed by atoms with Crippen LogP contribution in [-0.4, -0.2) is 26.0 Å². The Morgan fingerprint density at radius 2 is 2.06 bits per heavy atom. The van der Waals surface area contributed by atoms with E-state index in [9.17, 15) is 8.42 Å². The number of rotatable bonds is 3. The van der Waals surface area contributed by atoms with Gasteiger partial charge in [0.15, 0.2) is 9.84 Å². The van der Waals surface area contributed by atoms with E-state index in [0.29, 0.717) is 0 Å². The van der Waals surface area contributed by atoms with Crippen LogP contribution in [0.25, 0.3) is 0 Å². The Balaban J connectivity index is 2.25. The molecule has 0 bridgehead atoms. The minimum atomic E-state index is -2.98. The standard InChI is InChI=1S/C13H19NO2S/c1-10(2)17(15,16)9-12-8-14-7-11-5-3-4-6-13(11)12/h3-6,10,12,14H,7-9H2,1-2H3. The van der Waals surface area contributed by atoms with Gasteiger partial charge in [-0.1, -0.05) is 24.3 Å². The third-order valence-electron chi connectivity index (χ3n) is 3.35. The first-order chi connectivity index (χ1) is 8.00. The zero-order valence-corrected chi connectivity index (χ0v) is 11.1. The van der Waals surface area contributed by atoms with Gasteiger partial charge in [0.05, 0.1) is 11.0 Å². The predicted molar refractivity (Wildman–Crippen MR) is 69.8 cm³/mol. The highest BCUT2D eigenvalue weighted by molar-refractivity contribution is 7.92. The summed E-state index contributed by atoms with van der Waals surface area (Å²) in [4.78, 5) is 0. The summed E-state index contributed by atoms with van der Waals surface area (Å²) in [5.74, 6) is 0.335. The van der Waals surface area contributed by atoms with E-state index in [2.05, 4.69) is 17.4 Å². The Kier molecular flexibility index (Phi) is 3.54. The summed E-state index contributed by atoms with van der Waals surface area (Å²) in [5.41, 5.74) is 2.41. The largest absolute Gasteiger partial charge is 0.312 e. The van der Waals surface area contributed by atoms with Crippen molar-refractivity contribution < 1.29 is 8.42 Å². The van der Waals surface area contributed by atoms with Crippen LogP contribution >= 0.6 is 0 Å². The average molecular weight is 253 g/mol. The smallest absolute Gasteiger partial charge is 0.153 e. The van der Waals surface area contributed by atoms with Crippen molar-refractivity contribution >= 4 is 9.84 Å². The van der Waals surface area contributed by atoms with Gasteiger partial charge in [-0.25, -0.2) is 8.42 Å². The summed E-state index contributed by atoms with van der Waals surface area (Å²) in [6, 6.07) is 8.10. The molecule has 1 aromatic carbocycles. The SMILES string of the molecule is CC(C)S(=O)(=O)CC1CNCc2ccccc21. The summed E-state index contributed by atoms with van der Waals surface area (Å²) in [7, 11) is -2.98. The fraction of sp³-hybridized carbons (Fsp3) is 0.538. The summed E-state index contributed by atoms with van der Waals surface area (Å²) >= 11 is 0. The molecule has 1 aromatic rings. The van der Waals surface area contributed by atoms with E-state index in [0.717, 1.165) is 13.1 Å². The number of fused-ring (bicyclic) bond motifs is 1. The molecule has 4 heteroatoms. The van der Waals surface area contributed by atoms with Crippen LogP contribution in [0.2, 0.25) is 0 Å². The minimum Gasteiger partial charge on any atom is -0.312 e. The summed E-state index contributed by atoms with van der Waals surface area (Å²) < 4.78 is 24.0. The highest BCUT2D eigenvalue weighted by Crippen LogP contribution is 2.26. The van der Waals surface area contributed by atoms with Crippen molar-refractivity contribution in [1.29, 1.82) is 0 Å². The third-order valence-corrected chi connectivity index (χ3v) is 5.66. The molecule has 0 aromatic heterocycles. The molecule has 1 heterocycles. The first-order valence-electron chi connectivity index (χ1n) is 6.01. The van der Waals surface area contributed by atoms with E-state index in [1.54, 1.807) is 13.8 Å². The minimum absolute atomic E-state index is 0.0901. The molecule has 1 unspecified atom stereocenters. The molecule has 0 spiro atoms. The van der Waals surface area contributed by atoms with E-state index in [4.69, 9.17) is 0 Å². The normalized spacial score (nSPS) is 20.3. The monoisotopic (exact) mass is 253 g/mol. The lowest BCUT2D eigenvalue weighted by Gasteiger charge is -2.26. The lowest BCUT2D eigenvalue weighted by Crippen LogP contribution is -2.33. The number of sulfone groups is 1. The molecular weight excluding hydrogens is 234 g/mol. The highest BCUT2D eigenvalue weighted by Gasteiger charge is 2.26. The first kappa shape index (κ1) is 12.6. The molecule has 1 aliphatic heterocycles. The zero-order valence-electron chi connectivity index (χ0n) is 10.3. The van der Waals surface area contributed by atoms with Crippen LogP contribution in [0.4, 0.5) is 0 Å². The Hall–Kier alpha value is -0.870. The Labute approximate surface area is 103 Å². The highest BCUT2D eigenvalue weighted by atomic mass is 32.2. The van der Waals surface area contributed by atoms with Crippen molar-refractivity contribution in [1.82, 2.24) is 5.32 Å². The van der Waals surface area contributed by atoms with Gasteiger partial charge in [0.1, 0.15) is 0 Å². The maximum Gasteiger partial charge on any atom is 0.153 e. The molecule has 2 rings (SSSR count). The van der Waals surface area contributed by atoms with Crippen molar-refractivity contribution in [3.8, 4) is 0 Å². The molecule has 1 N–H and O–H groups in total. The molecule has 1 aliphatic rings. The van der Waals surface area contributed by atoms with Crippen LogP contribution < -0.4 is 5.32 Å². The number of nitrogens with one attached hydrogen (secondary N) is 1. The van der Waals surface area contributed by atoms with Gasteiger partial charge in [-0.2, -0.15) is 0 Å². The second-order valence-electron chi connectivity index (χ2n) is 4.90. The van der Waals surface area contributed by atoms with E-state index in [-0.39, 0.29) is 16.9 Å².